The molecule has 28 heavy (non-hydrogen) atoms. The average molecular weight is 419 g/mol. The number of anilines is 2. The molecule has 0 aliphatic heterocycles. The molecule has 1 unspecified atom stereocenters. The van der Waals surface area contributed by atoms with Crippen molar-refractivity contribution < 1.29 is 40.6 Å². The van der Waals surface area contributed by atoms with Crippen molar-refractivity contribution in [3.8, 4) is 5.75 Å². The number of methoxy groups -OCH3 is 1. The van der Waals surface area contributed by atoms with Crippen molar-refractivity contribution in [3.05, 3.63) is 53.1 Å². The van der Waals surface area contributed by atoms with Crippen molar-refractivity contribution >= 4 is 28.6 Å². The number of carbonyl (C=O) groups is 1. The van der Waals surface area contributed by atoms with Crippen molar-refractivity contribution in [2.45, 2.75) is 18.9 Å². The van der Waals surface area contributed by atoms with E-state index in [1.807, 2.05) is 0 Å². The molecule has 0 bridgehead atoms. The molecule has 150 valence electrons. The van der Waals surface area contributed by atoms with E-state index in [1.54, 1.807) is 0 Å². The number of benzene rings is 2. The Bertz CT molecular complexity index is 950. The SMILES string of the molecule is COC(=O)c1ccc(N(c2c(F)c(F)c(F)c(F)c2OC2CC2)S(=O)O)cc1. The molecule has 1 fully saturated rings. The second kappa shape index (κ2) is 7.76. The van der Waals surface area contributed by atoms with Crippen LogP contribution in [0.3, 0.4) is 0 Å². The van der Waals surface area contributed by atoms with Gasteiger partial charge in [-0.1, -0.05) is 0 Å². The lowest BCUT2D eigenvalue weighted by Crippen LogP contribution is -2.23. The van der Waals surface area contributed by atoms with Crippen LogP contribution >= 0.6 is 0 Å². The summed E-state index contributed by atoms with van der Waals surface area (Å²) < 4.78 is 87.8. The monoisotopic (exact) mass is 419 g/mol. The number of hydrogen-bond acceptors (Lipinski definition) is 4. The van der Waals surface area contributed by atoms with Gasteiger partial charge in [-0.3, -0.25) is 4.55 Å². The van der Waals surface area contributed by atoms with Gasteiger partial charge in [0.1, 0.15) is 5.69 Å². The van der Waals surface area contributed by atoms with Crippen LogP contribution in [0.25, 0.3) is 0 Å². The summed E-state index contributed by atoms with van der Waals surface area (Å²) in [5.41, 5.74) is -1.21. The van der Waals surface area contributed by atoms with Crippen LogP contribution in [0.4, 0.5) is 28.9 Å². The Kier molecular flexibility index (Phi) is 5.57. The number of rotatable bonds is 6. The number of ether oxygens (including phenoxy) is 2. The molecule has 1 N–H and O–H groups in total. The molecule has 0 amide bonds. The molecule has 1 aliphatic carbocycles. The van der Waals surface area contributed by atoms with E-state index in [0.717, 1.165) is 19.2 Å². The Morgan fingerprint density at radius 2 is 1.64 bits per heavy atom. The van der Waals surface area contributed by atoms with E-state index in [1.165, 1.54) is 12.1 Å². The molecule has 0 spiro atoms. The zero-order valence-corrected chi connectivity index (χ0v) is 15.1. The Labute approximate surface area is 159 Å². The minimum absolute atomic E-state index is 0.0707. The molecular formula is C17H13F4NO5S. The van der Waals surface area contributed by atoms with Crippen LogP contribution in [-0.4, -0.2) is 27.9 Å². The topological polar surface area (TPSA) is 76.1 Å². The van der Waals surface area contributed by atoms with Gasteiger partial charge < -0.3 is 9.47 Å². The smallest absolute Gasteiger partial charge is 0.337 e. The minimum Gasteiger partial charge on any atom is -0.485 e. The van der Waals surface area contributed by atoms with E-state index in [0.29, 0.717) is 17.1 Å². The third kappa shape index (κ3) is 3.67. The Morgan fingerprint density at radius 3 is 2.14 bits per heavy atom. The van der Waals surface area contributed by atoms with E-state index in [-0.39, 0.29) is 11.3 Å². The fourth-order valence-corrected chi connectivity index (χ4v) is 3.01. The highest BCUT2D eigenvalue weighted by molar-refractivity contribution is 7.81. The molecule has 1 saturated carbocycles. The van der Waals surface area contributed by atoms with Gasteiger partial charge in [-0.05, 0) is 37.1 Å². The highest BCUT2D eigenvalue weighted by Gasteiger charge is 2.36. The Hall–Kier alpha value is -2.66. The van der Waals surface area contributed by atoms with E-state index in [4.69, 9.17) is 4.74 Å². The molecule has 3 rings (SSSR count). The third-order valence-electron chi connectivity index (χ3n) is 3.89. The highest BCUT2D eigenvalue weighted by Crippen LogP contribution is 2.43. The summed E-state index contributed by atoms with van der Waals surface area (Å²) in [7, 11) is 1.15. The maximum absolute atomic E-state index is 14.5. The van der Waals surface area contributed by atoms with Crippen LogP contribution in [0.5, 0.6) is 5.75 Å². The van der Waals surface area contributed by atoms with E-state index < -0.39 is 58.0 Å². The van der Waals surface area contributed by atoms with E-state index >= 15 is 0 Å². The van der Waals surface area contributed by atoms with Crippen molar-refractivity contribution in [2.75, 3.05) is 11.4 Å². The summed E-state index contributed by atoms with van der Waals surface area (Å²) in [4.78, 5) is 11.5. The van der Waals surface area contributed by atoms with Crippen LogP contribution in [0.1, 0.15) is 23.2 Å². The summed E-state index contributed by atoms with van der Waals surface area (Å²) in [6.45, 7) is 0. The summed E-state index contributed by atoms with van der Waals surface area (Å²) in [6, 6.07) is 4.63. The fraction of sp³-hybridized carbons (Fsp3) is 0.235. The predicted molar refractivity (Wildman–Crippen MR) is 90.6 cm³/mol. The van der Waals surface area contributed by atoms with Crippen molar-refractivity contribution in [1.29, 1.82) is 0 Å². The number of nitrogens with zero attached hydrogens (tertiary/aromatic N) is 1. The molecule has 0 heterocycles. The Morgan fingerprint density at radius 1 is 1.07 bits per heavy atom. The highest BCUT2D eigenvalue weighted by atomic mass is 32.2. The van der Waals surface area contributed by atoms with Gasteiger partial charge in [0.05, 0.1) is 24.5 Å². The van der Waals surface area contributed by atoms with E-state index in [2.05, 4.69) is 4.74 Å². The van der Waals surface area contributed by atoms with Gasteiger partial charge in [-0.15, -0.1) is 0 Å². The molecule has 1 aliphatic rings. The summed E-state index contributed by atoms with van der Waals surface area (Å²) in [5, 5.41) is 0. The molecular weight excluding hydrogens is 406 g/mol. The Balaban J connectivity index is 2.17. The lowest BCUT2D eigenvalue weighted by atomic mass is 10.2. The molecule has 11 heteroatoms. The van der Waals surface area contributed by atoms with Gasteiger partial charge in [-0.25, -0.2) is 26.5 Å². The summed E-state index contributed by atoms with van der Waals surface area (Å²) >= 11 is -3.02. The van der Waals surface area contributed by atoms with Crippen LogP contribution in [-0.2, 0) is 16.0 Å². The maximum atomic E-state index is 14.5. The molecule has 2 aromatic carbocycles. The first-order valence-electron chi connectivity index (χ1n) is 7.88. The van der Waals surface area contributed by atoms with Crippen LogP contribution in [0.15, 0.2) is 24.3 Å². The first kappa shape index (κ1) is 20.1. The molecule has 0 radical (unpaired) electrons. The third-order valence-corrected chi connectivity index (χ3v) is 4.60. The van der Waals surface area contributed by atoms with Gasteiger partial charge in [0.2, 0.25) is 11.6 Å². The molecule has 0 aromatic heterocycles. The summed E-state index contributed by atoms with van der Waals surface area (Å²) in [5.74, 6) is -9.68. The van der Waals surface area contributed by atoms with Crippen molar-refractivity contribution in [3.63, 3.8) is 0 Å². The lowest BCUT2D eigenvalue weighted by molar-refractivity contribution is 0.0600. The van der Waals surface area contributed by atoms with Crippen LogP contribution < -0.4 is 9.04 Å². The van der Waals surface area contributed by atoms with Crippen LogP contribution in [0.2, 0.25) is 0 Å². The minimum atomic E-state index is -3.02. The number of hydrogen-bond donors (Lipinski definition) is 1. The van der Waals surface area contributed by atoms with Gasteiger partial charge in [-0.2, -0.15) is 4.39 Å². The largest absolute Gasteiger partial charge is 0.485 e. The molecule has 2 aromatic rings. The zero-order chi connectivity index (χ0) is 20.6. The predicted octanol–water partition coefficient (Wildman–Crippen LogP) is 3.85. The van der Waals surface area contributed by atoms with Crippen molar-refractivity contribution in [2.24, 2.45) is 0 Å². The standard InChI is InChI=1S/C17H13F4NO5S/c1-26-17(23)8-2-4-9(5-3-8)22(28(24)25)15-13(20)11(18)12(19)14(21)16(15)27-10-6-7-10/h2-5,10H,6-7H2,1H3,(H,24,25). The van der Waals surface area contributed by atoms with E-state index in [9.17, 15) is 31.1 Å². The maximum Gasteiger partial charge on any atom is 0.337 e. The van der Waals surface area contributed by atoms with Gasteiger partial charge in [0, 0.05) is 0 Å². The fourth-order valence-electron chi connectivity index (χ4n) is 2.39. The number of halogens is 4. The van der Waals surface area contributed by atoms with Gasteiger partial charge in [0.25, 0.3) is 11.3 Å². The van der Waals surface area contributed by atoms with Gasteiger partial charge in [0.15, 0.2) is 17.4 Å². The van der Waals surface area contributed by atoms with Crippen LogP contribution in [0, 0.1) is 23.3 Å². The number of carbonyl (C=O) groups excluding carboxylic acids is 1. The zero-order valence-electron chi connectivity index (χ0n) is 14.2. The molecule has 0 saturated heterocycles. The molecule has 6 nitrogen and oxygen atoms in total. The normalized spacial score (nSPS) is 14.5. The average Bonchev–Trinajstić information content (AvgIpc) is 3.50. The first-order valence-corrected chi connectivity index (χ1v) is 8.94. The number of esters is 1. The quantitative estimate of drug-likeness (QED) is 0.253. The van der Waals surface area contributed by atoms with Gasteiger partial charge >= 0.3 is 5.97 Å². The molecule has 1 atom stereocenters. The first-order chi connectivity index (χ1) is 13.3. The lowest BCUT2D eigenvalue weighted by Gasteiger charge is -2.24. The second-order valence-corrected chi connectivity index (χ2v) is 6.64. The summed E-state index contributed by atoms with van der Waals surface area (Å²) in [6.07, 6.45) is 0.415. The second-order valence-electron chi connectivity index (χ2n) is 5.81. The van der Waals surface area contributed by atoms with Crippen molar-refractivity contribution in [1.82, 2.24) is 0 Å².